The number of hydrogen-bond donors (Lipinski definition) is 0. The van der Waals surface area contributed by atoms with Crippen LogP contribution >= 0.6 is 0 Å². The van der Waals surface area contributed by atoms with Gasteiger partial charge in [-0.3, -0.25) is 0 Å². The third-order valence-corrected chi connectivity index (χ3v) is 5.86. The van der Waals surface area contributed by atoms with Crippen LogP contribution in [0.2, 0.25) is 0 Å². The molecule has 0 N–H and O–H groups in total. The molecule has 6 nitrogen and oxygen atoms in total. The predicted octanol–water partition coefficient (Wildman–Crippen LogP) is 5.63. The van der Waals surface area contributed by atoms with Gasteiger partial charge in [0.05, 0.1) is 0 Å². The van der Waals surface area contributed by atoms with Gasteiger partial charge in [0, 0.05) is 17.9 Å². The van der Waals surface area contributed by atoms with Crippen LogP contribution in [0, 0.1) is 0 Å². The zero-order valence-corrected chi connectivity index (χ0v) is 25.9. The maximum Gasteiger partial charge on any atom is 3.00 e. The van der Waals surface area contributed by atoms with Gasteiger partial charge in [-0.15, -0.1) is 0 Å². The fourth-order valence-electron chi connectivity index (χ4n) is 3.79. The van der Waals surface area contributed by atoms with Gasteiger partial charge in [-0.2, -0.15) is 0 Å². The zero-order valence-electron chi connectivity index (χ0n) is 24.3. The summed E-state index contributed by atoms with van der Waals surface area (Å²) in [5, 5.41) is 28.5. The van der Waals surface area contributed by atoms with E-state index in [1.165, 1.54) is 116 Å². The molecule has 0 unspecified atom stereocenters. The molecule has 7 heteroatoms. The number of carbonyl (C=O) groups excluding carboxylic acids is 3. The van der Waals surface area contributed by atoms with Crippen LogP contribution in [-0.4, -0.2) is 17.9 Å². The van der Waals surface area contributed by atoms with E-state index in [-0.39, 0.29) is 38.7 Å². The topological polar surface area (TPSA) is 120 Å². The van der Waals surface area contributed by atoms with Crippen molar-refractivity contribution in [3.63, 3.8) is 0 Å². The van der Waals surface area contributed by atoms with E-state index in [1.807, 2.05) is 0 Å². The van der Waals surface area contributed by atoms with E-state index in [9.17, 15) is 29.7 Å². The predicted molar refractivity (Wildman–Crippen MR) is 143 cm³/mol. The summed E-state index contributed by atoms with van der Waals surface area (Å²) in [5.74, 6) is -2.88. The molecule has 0 bridgehead atoms. The summed E-state index contributed by atoms with van der Waals surface area (Å²) in [6.45, 7) is 5.40. The van der Waals surface area contributed by atoms with Crippen LogP contribution in [0.5, 0.6) is 0 Å². The van der Waals surface area contributed by atoms with Crippen LogP contribution < -0.4 is 15.3 Å². The molecule has 0 saturated heterocycles. The Hall–Kier alpha value is -0.967. The summed E-state index contributed by atoms with van der Waals surface area (Å²) in [7, 11) is 0. The first-order chi connectivity index (χ1) is 17.3. The number of carbonyl (C=O) groups is 3. The second-order valence-electron chi connectivity index (χ2n) is 9.73. The Morgan fingerprint density at radius 3 is 0.514 bits per heavy atom. The molecule has 37 heavy (non-hydrogen) atoms. The minimum absolute atomic E-state index is 0. The average Bonchev–Trinajstić information content (AvgIpc) is 2.89. The van der Waals surface area contributed by atoms with E-state index in [1.54, 1.807) is 20.8 Å². The average molecular weight is 617 g/mol. The Labute approximate surface area is 241 Å². The molecule has 0 heterocycles. The Bertz CT molecular complexity index is 358. The number of aliphatic carboxylic acids is 3. The molecule has 3 aliphatic carbocycles. The largest absolute Gasteiger partial charge is 3.00 e. The van der Waals surface area contributed by atoms with Gasteiger partial charge in [0.25, 0.3) is 0 Å². The number of rotatable bonds is 6. The van der Waals surface area contributed by atoms with Crippen LogP contribution in [0.15, 0.2) is 0 Å². The molecular weight excluding hydrogens is 559 g/mol. The number of hydrogen-bond acceptors (Lipinski definition) is 6. The van der Waals surface area contributed by atoms with Gasteiger partial charge in [-0.25, -0.2) is 0 Å². The van der Waals surface area contributed by atoms with Gasteiger partial charge in [0.15, 0.2) is 0 Å². The summed E-state index contributed by atoms with van der Waals surface area (Å²) in [6.07, 6.45) is 29.5. The normalized spacial score (nSPS) is 15.6. The Morgan fingerprint density at radius 2 is 0.486 bits per heavy atom. The van der Waals surface area contributed by atoms with E-state index in [2.05, 4.69) is 0 Å². The maximum absolute atomic E-state index is 9.49. The summed E-state index contributed by atoms with van der Waals surface area (Å²) in [5.41, 5.74) is 0. The molecule has 0 aromatic heterocycles. The van der Waals surface area contributed by atoms with Crippen molar-refractivity contribution in [1.82, 2.24) is 0 Å². The first-order valence-electron chi connectivity index (χ1n) is 14.9. The second-order valence-corrected chi connectivity index (χ2v) is 9.73. The molecule has 3 aliphatic rings. The van der Waals surface area contributed by atoms with Crippen molar-refractivity contribution < 1.29 is 49.2 Å². The molecule has 222 valence electrons. The quantitative estimate of drug-likeness (QED) is 0.357. The third-order valence-electron chi connectivity index (χ3n) is 5.86. The van der Waals surface area contributed by atoms with Crippen molar-refractivity contribution in [3.8, 4) is 0 Å². The van der Waals surface area contributed by atoms with Crippen LogP contribution in [0.25, 0.3) is 0 Å². The fourth-order valence-corrected chi connectivity index (χ4v) is 3.79. The molecule has 0 spiro atoms. The van der Waals surface area contributed by atoms with Crippen LogP contribution in [-0.2, 0) is 33.9 Å². The fraction of sp³-hybridized carbons (Fsp3) is 0.900. The minimum Gasteiger partial charge on any atom is -0.550 e. The molecule has 0 amide bonds. The van der Waals surface area contributed by atoms with Gasteiger partial charge in [-0.05, 0) is 19.3 Å². The molecule has 0 aromatic rings. The summed E-state index contributed by atoms with van der Waals surface area (Å²) < 4.78 is 0. The molecule has 3 saturated carbocycles. The van der Waals surface area contributed by atoms with E-state index < -0.39 is 17.9 Å². The molecule has 0 atom stereocenters. The molecule has 3 rings (SSSR count). The van der Waals surface area contributed by atoms with Crippen molar-refractivity contribution in [3.05, 3.63) is 0 Å². The van der Waals surface area contributed by atoms with E-state index in [0.29, 0.717) is 19.3 Å². The molecule has 3 fully saturated rings. The van der Waals surface area contributed by atoms with Gasteiger partial charge in [0.1, 0.15) is 0 Å². The zero-order chi connectivity index (χ0) is 27.7. The van der Waals surface area contributed by atoms with Crippen LogP contribution in [0.3, 0.4) is 0 Å². The minimum atomic E-state index is -0.961. The number of carboxylic acid groups (broad SMARTS) is 3. The standard InChI is InChI=1S/3C6H12.3C4H8O2.Rh/c3*1-2-4-6-5-3-1;3*1-2-3-4(5)6;/h3*1-6H2;3*2-3H2,1H3,(H,5,6);/q;;;;;;+3/p-3. The van der Waals surface area contributed by atoms with Gasteiger partial charge in [0.2, 0.25) is 0 Å². The Balaban J connectivity index is -0.000000176. The first kappa shape index (κ1) is 43.1. The monoisotopic (exact) mass is 616 g/mol. The van der Waals surface area contributed by atoms with Gasteiger partial charge in [-0.1, -0.05) is 156 Å². The van der Waals surface area contributed by atoms with E-state index in [0.717, 1.165) is 0 Å². The van der Waals surface area contributed by atoms with Crippen molar-refractivity contribution in [2.75, 3.05) is 0 Å². The Morgan fingerprint density at radius 1 is 0.378 bits per heavy atom. The summed E-state index contributed by atoms with van der Waals surface area (Å²) in [6, 6.07) is 0. The summed E-state index contributed by atoms with van der Waals surface area (Å²) in [4.78, 5) is 28.5. The molecule has 0 radical (unpaired) electrons. The van der Waals surface area contributed by atoms with Crippen molar-refractivity contribution >= 4 is 17.9 Å². The molecule has 0 aliphatic heterocycles. The maximum atomic E-state index is 9.49. The van der Waals surface area contributed by atoms with Crippen molar-refractivity contribution in [1.29, 1.82) is 0 Å². The second kappa shape index (κ2) is 39.5. The van der Waals surface area contributed by atoms with E-state index in [4.69, 9.17) is 0 Å². The first-order valence-corrected chi connectivity index (χ1v) is 14.9. The SMILES string of the molecule is C1CCCCC1.C1CCCCC1.C1CCCCC1.CCCC(=O)[O-].CCCC(=O)[O-].CCCC(=O)[O-].[Rh+3]. The van der Waals surface area contributed by atoms with Crippen molar-refractivity contribution in [2.24, 2.45) is 0 Å². The van der Waals surface area contributed by atoms with Crippen LogP contribution in [0.1, 0.15) is 175 Å². The molecular formula is C30H57O6Rh. The number of carboxylic acids is 3. The van der Waals surface area contributed by atoms with Gasteiger partial charge >= 0.3 is 19.5 Å². The smallest absolute Gasteiger partial charge is 0.550 e. The van der Waals surface area contributed by atoms with Gasteiger partial charge < -0.3 is 29.7 Å². The Kier molecular flexibility index (Phi) is 46.1. The van der Waals surface area contributed by atoms with Crippen LogP contribution in [0.4, 0.5) is 0 Å². The third kappa shape index (κ3) is 56.4. The molecule has 0 aromatic carbocycles. The van der Waals surface area contributed by atoms with E-state index >= 15 is 0 Å². The van der Waals surface area contributed by atoms with Crippen molar-refractivity contribution in [2.45, 2.75) is 175 Å². The summed E-state index contributed by atoms with van der Waals surface area (Å²) >= 11 is 0.